The third-order valence-electron chi connectivity index (χ3n) is 2.77. The van der Waals surface area contributed by atoms with Crippen molar-refractivity contribution in [3.05, 3.63) is 40.0 Å². The van der Waals surface area contributed by atoms with E-state index < -0.39 is 0 Å². The number of hydrogen-bond acceptors (Lipinski definition) is 6. The van der Waals surface area contributed by atoms with E-state index in [1.807, 2.05) is 13.1 Å². The summed E-state index contributed by atoms with van der Waals surface area (Å²) in [5, 5.41) is 3.77. The van der Waals surface area contributed by atoms with Gasteiger partial charge in [0.1, 0.15) is 16.5 Å². The zero-order chi connectivity index (χ0) is 14.5. The first kappa shape index (κ1) is 14.4. The minimum atomic E-state index is -0.247. The van der Waals surface area contributed by atoms with Gasteiger partial charge in [-0.1, -0.05) is 13.0 Å². The number of carbonyl (C=O) groups is 1. The molecule has 0 fully saturated rings. The molecule has 1 atom stereocenters. The molecule has 2 heterocycles. The van der Waals surface area contributed by atoms with Crippen LogP contribution in [0.1, 0.15) is 40.3 Å². The predicted octanol–water partition coefficient (Wildman–Crippen LogP) is 1.88. The second kappa shape index (κ2) is 6.44. The number of nitrogens with zero attached hydrogens (tertiary/aromatic N) is 2. The first-order chi connectivity index (χ1) is 9.63. The third-order valence-corrected chi connectivity index (χ3v) is 4.09. The van der Waals surface area contributed by atoms with Crippen molar-refractivity contribution >= 4 is 23.1 Å². The average molecular weight is 291 g/mol. The second-order valence-electron chi connectivity index (χ2n) is 4.27. The van der Waals surface area contributed by atoms with Gasteiger partial charge in [0.15, 0.2) is 0 Å². The molecule has 0 radical (unpaired) electrons. The van der Waals surface area contributed by atoms with E-state index in [-0.39, 0.29) is 11.9 Å². The van der Waals surface area contributed by atoms with Gasteiger partial charge in [0.2, 0.25) is 0 Å². The molecule has 6 nitrogen and oxygen atoms in total. The molecule has 20 heavy (non-hydrogen) atoms. The van der Waals surface area contributed by atoms with Crippen molar-refractivity contribution in [3.8, 4) is 0 Å². The van der Waals surface area contributed by atoms with Crippen molar-refractivity contribution < 1.29 is 4.79 Å². The van der Waals surface area contributed by atoms with Crippen molar-refractivity contribution in [2.24, 2.45) is 5.84 Å². The Kier molecular flexibility index (Phi) is 4.65. The molecule has 1 unspecified atom stereocenters. The molecule has 0 aliphatic heterocycles. The number of aromatic nitrogens is 2. The SMILES string of the molecule is CCc1cnc(C(C)NC(=O)c2cccc(NN)n2)s1. The number of hydrazine groups is 1. The van der Waals surface area contributed by atoms with E-state index in [9.17, 15) is 4.79 Å². The van der Waals surface area contributed by atoms with Gasteiger partial charge in [-0.05, 0) is 25.5 Å². The van der Waals surface area contributed by atoms with Gasteiger partial charge in [-0.2, -0.15) is 0 Å². The Morgan fingerprint density at radius 2 is 2.30 bits per heavy atom. The highest BCUT2D eigenvalue weighted by atomic mass is 32.1. The van der Waals surface area contributed by atoms with Crippen LogP contribution in [0.3, 0.4) is 0 Å². The molecule has 7 heteroatoms. The van der Waals surface area contributed by atoms with Crippen molar-refractivity contribution in [2.45, 2.75) is 26.3 Å². The van der Waals surface area contributed by atoms with Gasteiger partial charge < -0.3 is 10.7 Å². The minimum Gasteiger partial charge on any atom is -0.342 e. The Hall–Kier alpha value is -1.99. The van der Waals surface area contributed by atoms with Crippen LogP contribution in [0.25, 0.3) is 0 Å². The summed E-state index contributed by atoms with van der Waals surface area (Å²) in [7, 11) is 0. The molecule has 0 aliphatic rings. The van der Waals surface area contributed by atoms with Gasteiger partial charge in [0, 0.05) is 11.1 Å². The molecule has 4 N–H and O–H groups in total. The fourth-order valence-corrected chi connectivity index (χ4v) is 2.52. The Balaban J connectivity index is 2.06. The maximum absolute atomic E-state index is 12.1. The lowest BCUT2D eigenvalue weighted by Crippen LogP contribution is -2.27. The molecular weight excluding hydrogens is 274 g/mol. The molecule has 0 spiro atoms. The number of carbonyl (C=O) groups excluding carboxylic acids is 1. The van der Waals surface area contributed by atoms with Gasteiger partial charge in [-0.15, -0.1) is 11.3 Å². The van der Waals surface area contributed by atoms with Crippen LogP contribution in [-0.4, -0.2) is 15.9 Å². The summed E-state index contributed by atoms with van der Waals surface area (Å²) in [6.07, 6.45) is 2.80. The van der Waals surface area contributed by atoms with Crippen LogP contribution in [0, 0.1) is 0 Å². The van der Waals surface area contributed by atoms with Crippen molar-refractivity contribution in [2.75, 3.05) is 5.43 Å². The minimum absolute atomic E-state index is 0.149. The van der Waals surface area contributed by atoms with Crippen LogP contribution >= 0.6 is 11.3 Å². The summed E-state index contributed by atoms with van der Waals surface area (Å²) in [5.41, 5.74) is 2.74. The molecular formula is C13H17N5OS. The fraction of sp³-hybridized carbons (Fsp3) is 0.308. The summed E-state index contributed by atoms with van der Waals surface area (Å²) in [6, 6.07) is 4.90. The first-order valence-corrected chi connectivity index (χ1v) is 7.14. The van der Waals surface area contributed by atoms with Crippen LogP contribution in [0.5, 0.6) is 0 Å². The molecule has 106 valence electrons. The molecule has 2 aromatic heterocycles. The number of nitrogen functional groups attached to an aromatic ring is 1. The Morgan fingerprint density at radius 3 is 2.95 bits per heavy atom. The van der Waals surface area contributed by atoms with Gasteiger partial charge >= 0.3 is 0 Å². The number of anilines is 1. The molecule has 0 saturated carbocycles. The lowest BCUT2D eigenvalue weighted by molar-refractivity contribution is 0.0935. The molecule has 0 bridgehead atoms. The zero-order valence-corrected chi connectivity index (χ0v) is 12.2. The van der Waals surface area contributed by atoms with Gasteiger partial charge in [-0.3, -0.25) is 4.79 Å². The predicted molar refractivity (Wildman–Crippen MR) is 79.4 cm³/mol. The normalized spacial score (nSPS) is 11.9. The first-order valence-electron chi connectivity index (χ1n) is 6.33. The maximum Gasteiger partial charge on any atom is 0.270 e. The average Bonchev–Trinajstić information content (AvgIpc) is 2.96. The zero-order valence-electron chi connectivity index (χ0n) is 11.4. The summed E-state index contributed by atoms with van der Waals surface area (Å²) in [5.74, 6) is 5.48. The van der Waals surface area contributed by atoms with E-state index in [4.69, 9.17) is 5.84 Å². The molecule has 0 aliphatic carbocycles. The largest absolute Gasteiger partial charge is 0.342 e. The monoisotopic (exact) mass is 291 g/mol. The molecule has 2 rings (SSSR count). The van der Waals surface area contributed by atoms with Crippen LogP contribution in [-0.2, 0) is 6.42 Å². The van der Waals surface area contributed by atoms with Gasteiger partial charge in [-0.25, -0.2) is 15.8 Å². The highest BCUT2D eigenvalue weighted by molar-refractivity contribution is 7.11. The van der Waals surface area contributed by atoms with Crippen molar-refractivity contribution in [3.63, 3.8) is 0 Å². The number of nitrogens with two attached hydrogens (primary N) is 1. The van der Waals surface area contributed by atoms with Crippen LogP contribution in [0.15, 0.2) is 24.4 Å². The van der Waals surface area contributed by atoms with Crippen LogP contribution in [0.4, 0.5) is 5.82 Å². The lowest BCUT2D eigenvalue weighted by Gasteiger charge is -2.11. The van der Waals surface area contributed by atoms with E-state index in [2.05, 4.69) is 27.6 Å². The molecule has 2 aromatic rings. The number of rotatable bonds is 5. The van der Waals surface area contributed by atoms with E-state index in [0.717, 1.165) is 11.4 Å². The number of aryl methyl sites for hydroxylation is 1. The highest BCUT2D eigenvalue weighted by Crippen LogP contribution is 2.20. The van der Waals surface area contributed by atoms with E-state index in [1.165, 1.54) is 4.88 Å². The summed E-state index contributed by atoms with van der Waals surface area (Å²) in [4.78, 5) is 21.7. The quantitative estimate of drug-likeness (QED) is 0.577. The summed E-state index contributed by atoms with van der Waals surface area (Å²) in [6.45, 7) is 3.98. The van der Waals surface area contributed by atoms with E-state index in [1.54, 1.807) is 29.5 Å². The Bertz CT molecular complexity index is 598. The number of amides is 1. The Labute approximate surface area is 121 Å². The number of pyridine rings is 1. The second-order valence-corrected chi connectivity index (χ2v) is 5.41. The summed E-state index contributed by atoms with van der Waals surface area (Å²) < 4.78 is 0. The smallest absolute Gasteiger partial charge is 0.270 e. The number of nitrogens with one attached hydrogen (secondary N) is 2. The Morgan fingerprint density at radius 1 is 1.50 bits per heavy atom. The van der Waals surface area contributed by atoms with E-state index in [0.29, 0.717) is 11.5 Å². The van der Waals surface area contributed by atoms with Crippen molar-refractivity contribution in [1.82, 2.24) is 15.3 Å². The fourth-order valence-electron chi connectivity index (χ4n) is 1.66. The maximum atomic E-state index is 12.1. The number of hydrogen-bond donors (Lipinski definition) is 3. The molecule has 0 saturated heterocycles. The third kappa shape index (κ3) is 3.31. The van der Waals surface area contributed by atoms with Gasteiger partial charge in [0.05, 0.1) is 6.04 Å². The summed E-state index contributed by atoms with van der Waals surface area (Å²) >= 11 is 1.61. The molecule has 1 amide bonds. The molecule has 0 aromatic carbocycles. The van der Waals surface area contributed by atoms with E-state index >= 15 is 0 Å². The number of thiazole rings is 1. The lowest BCUT2D eigenvalue weighted by atomic mass is 10.3. The standard InChI is InChI=1S/C13H17N5OS/c1-3-9-7-15-13(20-9)8(2)16-12(19)10-5-4-6-11(17-10)18-14/h4-8H,3,14H2,1-2H3,(H,16,19)(H,17,18). The highest BCUT2D eigenvalue weighted by Gasteiger charge is 2.15. The van der Waals surface area contributed by atoms with Crippen molar-refractivity contribution in [1.29, 1.82) is 0 Å². The van der Waals surface area contributed by atoms with Crippen LogP contribution in [0.2, 0.25) is 0 Å². The van der Waals surface area contributed by atoms with Crippen LogP contribution < -0.4 is 16.6 Å². The topological polar surface area (TPSA) is 92.9 Å². The van der Waals surface area contributed by atoms with Gasteiger partial charge in [0.25, 0.3) is 5.91 Å².